The third kappa shape index (κ3) is 2.11. The summed E-state index contributed by atoms with van der Waals surface area (Å²) in [5.74, 6) is 0. The Labute approximate surface area is 54.3 Å². The van der Waals surface area contributed by atoms with Gasteiger partial charge in [0.15, 0.2) is 0 Å². The third-order valence-corrected chi connectivity index (χ3v) is 1.34. The van der Waals surface area contributed by atoms with E-state index in [0.29, 0.717) is 6.29 Å². The van der Waals surface area contributed by atoms with E-state index < -0.39 is 11.5 Å². The largest absolute Gasteiger partial charge is 0.396 e. The molecule has 3 nitrogen and oxygen atoms in total. The third-order valence-electron chi connectivity index (χ3n) is 1.34. The van der Waals surface area contributed by atoms with Crippen molar-refractivity contribution >= 4 is 6.29 Å². The van der Waals surface area contributed by atoms with Gasteiger partial charge in [-0.25, -0.2) is 0 Å². The van der Waals surface area contributed by atoms with Gasteiger partial charge in [-0.1, -0.05) is 13.8 Å². The van der Waals surface area contributed by atoms with Crippen molar-refractivity contribution in [3.05, 3.63) is 0 Å². The van der Waals surface area contributed by atoms with Crippen LogP contribution < -0.4 is 0 Å². The van der Waals surface area contributed by atoms with Gasteiger partial charge in [-0.3, -0.25) is 0 Å². The highest BCUT2D eigenvalue weighted by molar-refractivity contribution is 5.56. The Balaban J connectivity index is 3.95. The number of aliphatic hydroxyl groups excluding tert-OH is 2. The molecule has 0 aliphatic carbocycles. The summed E-state index contributed by atoms with van der Waals surface area (Å²) in [5.41, 5.74) is -0.707. The Kier molecular flexibility index (Phi) is 2.81. The molecule has 0 rings (SSSR count). The van der Waals surface area contributed by atoms with Gasteiger partial charge >= 0.3 is 0 Å². The van der Waals surface area contributed by atoms with E-state index in [2.05, 4.69) is 0 Å². The summed E-state index contributed by atoms with van der Waals surface area (Å²) in [6.07, 6.45) is -0.640. The van der Waals surface area contributed by atoms with Crippen molar-refractivity contribution in [3.8, 4) is 0 Å². The fourth-order valence-corrected chi connectivity index (χ4v) is 0.278. The maximum Gasteiger partial charge on any atom is 0.149 e. The molecular weight excluding hydrogens is 120 g/mol. The van der Waals surface area contributed by atoms with Gasteiger partial charge in [0.1, 0.15) is 12.4 Å². The van der Waals surface area contributed by atoms with Crippen LogP contribution in [0.15, 0.2) is 0 Å². The van der Waals surface area contributed by atoms with Gasteiger partial charge in [0, 0.05) is 5.41 Å². The lowest BCUT2D eigenvalue weighted by Crippen LogP contribution is -2.33. The standard InChI is InChI=1S/C6H12O3/c1-6(2,4-8)5(9)3-7/h3,5,8-9H,4H2,1-2H3/t5-/m0/s1. The van der Waals surface area contributed by atoms with E-state index in [-0.39, 0.29) is 6.61 Å². The molecule has 0 saturated heterocycles. The Morgan fingerprint density at radius 3 is 2.22 bits per heavy atom. The van der Waals surface area contributed by atoms with Gasteiger partial charge in [0.25, 0.3) is 0 Å². The summed E-state index contributed by atoms with van der Waals surface area (Å²) in [6.45, 7) is 3.05. The summed E-state index contributed by atoms with van der Waals surface area (Å²) in [6, 6.07) is 0. The lowest BCUT2D eigenvalue weighted by Gasteiger charge is -2.23. The molecule has 0 heterocycles. The van der Waals surface area contributed by atoms with Crippen LogP contribution in [0.1, 0.15) is 13.8 Å². The minimum Gasteiger partial charge on any atom is -0.396 e. The van der Waals surface area contributed by atoms with Crippen LogP contribution >= 0.6 is 0 Å². The summed E-state index contributed by atoms with van der Waals surface area (Å²) in [7, 11) is 0. The van der Waals surface area contributed by atoms with Crippen molar-refractivity contribution in [2.45, 2.75) is 20.0 Å². The first-order valence-corrected chi connectivity index (χ1v) is 2.79. The molecule has 0 aromatic rings. The van der Waals surface area contributed by atoms with Crippen molar-refractivity contribution in [1.29, 1.82) is 0 Å². The Hall–Kier alpha value is -0.410. The average molecular weight is 132 g/mol. The molecule has 0 aliphatic rings. The summed E-state index contributed by atoms with van der Waals surface area (Å²) in [4.78, 5) is 9.95. The van der Waals surface area contributed by atoms with E-state index in [0.717, 1.165) is 0 Å². The maximum atomic E-state index is 9.95. The molecule has 0 aliphatic heterocycles. The minimum absolute atomic E-state index is 0.188. The fourth-order valence-electron chi connectivity index (χ4n) is 0.278. The Morgan fingerprint density at radius 1 is 1.67 bits per heavy atom. The zero-order chi connectivity index (χ0) is 7.49. The SMILES string of the molecule is CC(C)(CO)[C@@H](O)C=O. The first kappa shape index (κ1) is 8.59. The first-order valence-electron chi connectivity index (χ1n) is 2.79. The molecule has 0 amide bonds. The highest BCUT2D eigenvalue weighted by Gasteiger charge is 2.25. The Bertz CT molecular complexity index is 98.5. The van der Waals surface area contributed by atoms with Gasteiger partial charge in [-0.15, -0.1) is 0 Å². The molecule has 1 atom stereocenters. The van der Waals surface area contributed by atoms with E-state index in [1.54, 1.807) is 13.8 Å². The second kappa shape index (κ2) is 2.94. The topological polar surface area (TPSA) is 57.5 Å². The molecule has 0 saturated carbocycles. The van der Waals surface area contributed by atoms with Gasteiger partial charge in [-0.2, -0.15) is 0 Å². The lowest BCUT2D eigenvalue weighted by molar-refractivity contribution is -0.121. The van der Waals surface area contributed by atoms with Crippen molar-refractivity contribution in [3.63, 3.8) is 0 Å². The van der Waals surface area contributed by atoms with E-state index in [1.807, 2.05) is 0 Å². The van der Waals surface area contributed by atoms with Crippen molar-refractivity contribution in [2.24, 2.45) is 5.41 Å². The van der Waals surface area contributed by atoms with Crippen molar-refractivity contribution < 1.29 is 15.0 Å². The van der Waals surface area contributed by atoms with Gasteiger partial charge in [0.2, 0.25) is 0 Å². The number of rotatable bonds is 3. The zero-order valence-electron chi connectivity index (χ0n) is 5.66. The second-order valence-corrected chi connectivity index (χ2v) is 2.73. The molecule has 0 radical (unpaired) electrons. The molecule has 0 unspecified atom stereocenters. The maximum absolute atomic E-state index is 9.95. The molecule has 54 valence electrons. The highest BCUT2D eigenvalue weighted by atomic mass is 16.3. The molecule has 3 heteroatoms. The van der Waals surface area contributed by atoms with Crippen LogP contribution in [0.2, 0.25) is 0 Å². The van der Waals surface area contributed by atoms with Crippen LogP contribution in [-0.4, -0.2) is 29.2 Å². The number of aliphatic hydroxyl groups is 2. The number of hydrogen-bond donors (Lipinski definition) is 2. The minimum atomic E-state index is -1.07. The van der Waals surface area contributed by atoms with Crippen LogP contribution in [0.3, 0.4) is 0 Å². The summed E-state index contributed by atoms with van der Waals surface area (Å²) < 4.78 is 0. The van der Waals surface area contributed by atoms with Crippen LogP contribution in [0.4, 0.5) is 0 Å². The first-order chi connectivity index (χ1) is 4.04. The molecule has 0 spiro atoms. The monoisotopic (exact) mass is 132 g/mol. The second-order valence-electron chi connectivity index (χ2n) is 2.73. The lowest BCUT2D eigenvalue weighted by atomic mass is 9.89. The van der Waals surface area contributed by atoms with E-state index in [9.17, 15) is 4.79 Å². The molecule has 9 heavy (non-hydrogen) atoms. The Morgan fingerprint density at radius 2 is 2.11 bits per heavy atom. The number of aldehydes is 1. The molecule has 0 bridgehead atoms. The van der Waals surface area contributed by atoms with Crippen LogP contribution in [-0.2, 0) is 4.79 Å². The average Bonchev–Trinajstić information content (AvgIpc) is 1.86. The van der Waals surface area contributed by atoms with E-state index in [1.165, 1.54) is 0 Å². The van der Waals surface area contributed by atoms with E-state index in [4.69, 9.17) is 10.2 Å². The normalized spacial score (nSPS) is 15.1. The fraction of sp³-hybridized carbons (Fsp3) is 0.833. The summed E-state index contributed by atoms with van der Waals surface area (Å²) in [5, 5.41) is 17.4. The van der Waals surface area contributed by atoms with Crippen LogP contribution in [0.25, 0.3) is 0 Å². The highest BCUT2D eigenvalue weighted by Crippen LogP contribution is 2.17. The molecular formula is C6H12O3. The smallest absolute Gasteiger partial charge is 0.149 e. The molecule has 0 aromatic heterocycles. The van der Waals surface area contributed by atoms with Gasteiger partial charge in [0.05, 0.1) is 6.61 Å². The molecule has 0 aromatic carbocycles. The van der Waals surface area contributed by atoms with Crippen LogP contribution in [0.5, 0.6) is 0 Å². The quantitative estimate of drug-likeness (QED) is 0.512. The van der Waals surface area contributed by atoms with Gasteiger partial charge < -0.3 is 15.0 Å². The van der Waals surface area contributed by atoms with Gasteiger partial charge in [-0.05, 0) is 0 Å². The van der Waals surface area contributed by atoms with Crippen molar-refractivity contribution in [2.75, 3.05) is 6.61 Å². The van der Waals surface area contributed by atoms with Crippen LogP contribution in [0, 0.1) is 5.41 Å². The zero-order valence-corrected chi connectivity index (χ0v) is 5.66. The number of hydrogen-bond acceptors (Lipinski definition) is 3. The molecule has 0 fully saturated rings. The van der Waals surface area contributed by atoms with E-state index >= 15 is 0 Å². The summed E-state index contributed by atoms with van der Waals surface area (Å²) >= 11 is 0. The molecule has 2 N–H and O–H groups in total. The predicted octanol–water partition coefficient (Wildman–Crippen LogP) is -0.435. The van der Waals surface area contributed by atoms with Crippen molar-refractivity contribution in [1.82, 2.24) is 0 Å². The number of carbonyl (C=O) groups is 1. The number of carbonyl (C=O) groups excluding carboxylic acids is 1. The predicted molar refractivity (Wildman–Crippen MR) is 32.9 cm³/mol.